The van der Waals surface area contributed by atoms with Crippen molar-refractivity contribution < 1.29 is 8.78 Å². The van der Waals surface area contributed by atoms with Crippen LogP contribution in [0.4, 0.5) is 20.2 Å². The summed E-state index contributed by atoms with van der Waals surface area (Å²) in [5.74, 6) is -0.529. The van der Waals surface area contributed by atoms with E-state index in [1.165, 1.54) is 12.1 Å². The van der Waals surface area contributed by atoms with Gasteiger partial charge >= 0.3 is 0 Å². The highest BCUT2D eigenvalue weighted by Gasteiger charge is 2.24. The zero-order valence-electron chi connectivity index (χ0n) is 11.5. The van der Waals surface area contributed by atoms with Crippen molar-refractivity contribution in [2.24, 2.45) is 5.92 Å². The molecule has 5 heteroatoms. The summed E-state index contributed by atoms with van der Waals surface area (Å²) in [7, 11) is 4.09. The number of rotatable bonds is 3. The minimum atomic E-state index is -0.566. The molecule has 0 aromatic heterocycles. The van der Waals surface area contributed by atoms with Crippen LogP contribution >= 0.6 is 0 Å². The number of nitrogen functional groups attached to an aromatic ring is 1. The van der Waals surface area contributed by atoms with Gasteiger partial charge in [0.15, 0.2) is 11.6 Å². The largest absolute Gasteiger partial charge is 0.399 e. The van der Waals surface area contributed by atoms with Crippen LogP contribution in [0.2, 0.25) is 0 Å². The van der Waals surface area contributed by atoms with Crippen LogP contribution in [0, 0.1) is 17.6 Å². The number of benzene rings is 1. The van der Waals surface area contributed by atoms with E-state index < -0.39 is 11.6 Å². The van der Waals surface area contributed by atoms with Gasteiger partial charge in [-0.25, -0.2) is 8.78 Å². The molecule has 3 nitrogen and oxygen atoms in total. The van der Waals surface area contributed by atoms with Gasteiger partial charge in [-0.2, -0.15) is 0 Å². The molecule has 0 radical (unpaired) electrons. The molecule has 1 heterocycles. The first-order chi connectivity index (χ1) is 8.97. The Morgan fingerprint density at radius 2 is 1.74 bits per heavy atom. The standard InChI is InChI=1S/C14H21F2N3/c1-18(2)9-10-3-5-19(6-4-10)14-12(15)7-11(17)8-13(14)16/h7-8,10H,3-6,9,17H2,1-2H3. The molecule has 1 aliphatic rings. The maximum absolute atomic E-state index is 13.8. The Hall–Kier alpha value is -1.36. The van der Waals surface area contributed by atoms with Crippen LogP contribution in [0.3, 0.4) is 0 Å². The van der Waals surface area contributed by atoms with E-state index in [0.29, 0.717) is 19.0 Å². The average Bonchev–Trinajstić information content (AvgIpc) is 2.29. The molecule has 1 saturated heterocycles. The number of halogens is 2. The van der Waals surface area contributed by atoms with E-state index in [1.807, 2.05) is 14.1 Å². The second-order valence-electron chi connectivity index (χ2n) is 5.53. The Bertz CT molecular complexity index is 417. The summed E-state index contributed by atoms with van der Waals surface area (Å²) >= 11 is 0. The number of piperidine rings is 1. The predicted molar refractivity (Wildman–Crippen MR) is 74.3 cm³/mol. The molecular formula is C14H21F2N3. The van der Waals surface area contributed by atoms with Crippen LogP contribution in [-0.2, 0) is 0 Å². The van der Waals surface area contributed by atoms with E-state index in [2.05, 4.69) is 4.90 Å². The summed E-state index contributed by atoms with van der Waals surface area (Å²) < 4.78 is 27.7. The minimum Gasteiger partial charge on any atom is -0.399 e. The van der Waals surface area contributed by atoms with Gasteiger partial charge in [0, 0.05) is 25.3 Å². The van der Waals surface area contributed by atoms with Gasteiger partial charge < -0.3 is 15.5 Å². The topological polar surface area (TPSA) is 32.5 Å². The summed E-state index contributed by atoms with van der Waals surface area (Å²) in [5, 5.41) is 0. The molecule has 0 amide bonds. The van der Waals surface area contributed by atoms with Crippen LogP contribution in [-0.4, -0.2) is 38.6 Å². The van der Waals surface area contributed by atoms with Crippen LogP contribution in [0.5, 0.6) is 0 Å². The van der Waals surface area contributed by atoms with Crippen LogP contribution in [0.1, 0.15) is 12.8 Å². The van der Waals surface area contributed by atoms with Crippen molar-refractivity contribution in [1.82, 2.24) is 4.90 Å². The minimum absolute atomic E-state index is 0.0671. The second kappa shape index (κ2) is 5.74. The summed E-state index contributed by atoms with van der Waals surface area (Å²) in [6.45, 7) is 2.41. The fraction of sp³-hybridized carbons (Fsp3) is 0.571. The van der Waals surface area contributed by atoms with Gasteiger partial charge in [-0.3, -0.25) is 0 Å². The van der Waals surface area contributed by atoms with Crippen molar-refractivity contribution in [3.05, 3.63) is 23.8 Å². The summed E-state index contributed by atoms with van der Waals surface area (Å²) in [6.07, 6.45) is 1.92. The average molecular weight is 269 g/mol. The lowest BCUT2D eigenvalue weighted by atomic mass is 9.96. The van der Waals surface area contributed by atoms with E-state index in [1.54, 1.807) is 4.90 Å². The maximum atomic E-state index is 13.8. The van der Waals surface area contributed by atoms with Crippen molar-refractivity contribution in [3.63, 3.8) is 0 Å². The first kappa shape index (κ1) is 14.1. The third-order valence-corrected chi connectivity index (χ3v) is 3.59. The molecule has 0 atom stereocenters. The first-order valence-electron chi connectivity index (χ1n) is 6.61. The van der Waals surface area contributed by atoms with Gasteiger partial charge in [0.1, 0.15) is 5.69 Å². The lowest BCUT2D eigenvalue weighted by Gasteiger charge is -2.35. The summed E-state index contributed by atoms with van der Waals surface area (Å²) in [5.41, 5.74) is 5.62. The highest BCUT2D eigenvalue weighted by atomic mass is 19.1. The highest BCUT2D eigenvalue weighted by Crippen LogP contribution is 2.29. The Balaban J connectivity index is 2.06. The van der Waals surface area contributed by atoms with Gasteiger partial charge in [-0.1, -0.05) is 0 Å². The van der Waals surface area contributed by atoms with Gasteiger partial charge in [-0.05, 0) is 45.0 Å². The molecule has 1 aromatic carbocycles. The first-order valence-corrected chi connectivity index (χ1v) is 6.61. The highest BCUT2D eigenvalue weighted by molar-refractivity contribution is 5.56. The van der Waals surface area contributed by atoms with Gasteiger partial charge in [0.05, 0.1) is 0 Å². The lowest BCUT2D eigenvalue weighted by Crippen LogP contribution is -2.38. The molecule has 0 aliphatic carbocycles. The van der Waals surface area contributed by atoms with Crippen molar-refractivity contribution in [2.75, 3.05) is 44.4 Å². The van der Waals surface area contributed by atoms with E-state index in [9.17, 15) is 8.78 Å². The number of anilines is 2. The Morgan fingerprint density at radius 1 is 1.21 bits per heavy atom. The molecule has 2 rings (SSSR count). The number of hydrogen-bond donors (Lipinski definition) is 1. The van der Waals surface area contributed by atoms with Gasteiger partial charge in [0.25, 0.3) is 0 Å². The van der Waals surface area contributed by atoms with Crippen LogP contribution in [0.25, 0.3) is 0 Å². The third kappa shape index (κ3) is 3.35. The fourth-order valence-electron chi connectivity index (χ4n) is 2.74. The molecule has 19 heavy (non-hydrogen) atoms. The molecule has 106 valence electrons. The quantitative estimate of drug-likeness (QED) is 0.855. The zero-order valence-corrected chi connectivity index (χ0v) is 11.5. The normalized spacial score (nSPS) is 17.2. The Labute approximate surface area is 113 Å². The van der Waals surface area contributed by atoms with E-state index in [-0.39, 0.29) is 11.4 Å². The fourth-order valence-corrected chi connectivity index (χ4v) is 2.74. The molecule has 1 fully saturated rings. The third-order valence-electron chi connectivity index (χ3n) is 3.59. The smallest absolute Gasteiger partial charge is 0.151 e. The van der Waals surface area contributed by atoms with Crippen molar-refractivity contribution >= 4 is 11.4 Å². The van der Waals surface area contributed by atoms with Crippen molar-refractivity contribution in [2.45, 2.75) is 12.8 Å². The molecule has 2 N–H and O–H groups in total. The summed E-state index contributed by atoms with van der Waals surface area (Å²) in [6, 6.07) is 2.37. The number of nitrogens with zero attached hydrogens (tertiary/aromatic N) is 2. The SMILES string of the molecule is CN(C)CC1CCN(c2c(F)cc(N)cc2F)CC1. The molecule has 1 aliphatic heterocycles. The molecule has 0 bridgehead atoms. The molecule has 0 unspecified atom stereocenters. The zero-order chi connectivity index (χ0) is 14.0. The van der Waals surface area contributed by atoms with Crippen molar-refractivity contribution in [3.8, 4) is 0 Å². The summed E-state index contributed by atoms with van der Waals surface area (Å²) in [4.78, 5) is 3.95. The van der Waals surface area contributed by atoms with E-state index in [0.717, 1.165) is 19.4 Å². The molecule has 0 spiro atoms. The second-order valence-corrected chi connectivity index (χ2v) is 5.53. The van der Waals surface area contributed by atoms with Crippen molar-refractivity contribution in [1.29, 1.82) is 0 Å². The van der Waals surface area contributed by atoms with Gasteiger partial charge in [0.2, 0.25) is 0 Å². The van der Waals surface area contributed by atoms with E-state index in [4.69, 9.17) is 5.73 Å². The van der Waals surface area contributed by atoms with Gasteiger partial charge in [-0.15, -0.1) is 0 Å². The lowest BCUT2D eigenvalue weighted by molar-refractivity contribution is 0.284. The molecule has 0 saturated carbocycles. The van der Waals surface area contributed by atoms with E-state index >= 15 is 0 Å². The Kier molecular flexibility index (Phi) is 4.24. The maximum Gasteiger partial charge on any atom is 0.151 e. The number of nitrogens with two attached hydrogens (primary N) is 1. The molecule has 1 aromatic rings. The van der Waals surface area contributed by atoms with Crippen LogP contribution < -0.4 is 10.6 Å². The monoisotopic (exact) mass is 269 g/mol. The predicted octanol–water partition coefficient (Wildman–Crippen LogP) is 2.33. The molecular weight excluding hydrogens is 248 g/mol. The van der Waals surface area contributed by atoms with Crippen LogP contribution in [0.15, 0.2) is 12.1 Å². The Morgan fingerprint density at radius 3 is 2.21 bits per heavy atom. The number of hydrogen-bond acceptors (Lipinski definition) is 3.